The van der Waals surface area contributed by atoms with Crippen molar-refractivity contribution in [1.82, 2.24) is 4.98 Å². The molecule has 1 amide bonds. The molecular formula is C20H19ClFN3O4S2. The number of ether oxygens (including phenoxy) is 1. The molecule has 2 N–H and O–H groups in total. The van der Waals surface area contributed by atoms with E-state index in [9.17, 15) is 17.6 Å². The van der Waals surface area contributed by atoms with Gasteiger partial charge in [-0.3, -0.25) is 9.52 Å². The minimum atomic E-state index is -3.50. The Hall–Kier alpha value is -2.69. The first-order valence-electron chi connectivity index (χ1n) is 9.01. The van der Waals surface area contributed by atoms with Crippen molar-refractivity contribution < 1.29 is 22.3 Å². The number of thiophene rings is 1. The normalized spacial score (nSPS) is 11.4. The molecule has 0 spiro atoms. The van der Waals surface area contributed by atoms with Crippen LogP contribution in [0.4, 0.5) is 15.8 Å². The van der Waals surface area contributed by atoms with Crippen LogP contribution in [0.3, 0.4) is 0 Å². The number of halogens is 2. The summed E-state index contributed by atoms with van der Waals surface area (Å²) in [5, 5.41) is 4.52. The van der Waals surface area contributed by atoms with Crippen LogP contribution in [0.1, 0.15) is 23.5 Å². The topological polar surface area (TPSA) is 97.4 Å². The quantitative estimate of drug-likeness (QED) is 0.492. The molecule has 0 unspecified atom stereocenters. The second-order valence-corrected chi connectivity index (χ2v) is 10.0. The summed E-state index contributed by atoms with van der Waals surface area (Å²) in [5.41, 5.74) is 1.08. The van der Waals surface area contributed by atoms with Crippen LogP contribution < -0.4 is 14.8 Å². The second kappa shape index (κ2) is 9.21. The molecule has 2 aromatic heterocycles. The second-order valence-electron chi connectivity index (χ2n) is 6.92. The van der Waals surface area contributed by atoms with Gasteiger partial charge in [0.2, 0.25) is 10.0 Å². The van der Waals surface area contributed by atoms with Crippen LogP contribution in [-0.2, 0) is 10.0 Å². The zero-order valence-corrected chi connectivity index (χ0v) is 19.2. The molecule has 3 aromatic rings. The third kappa shape index (κ3) is 6.39. The lowest BCUT2D eigenvalue weighted by Crippen LogP contribution is -2.12. The lowest BCUT2D eigenvalue weighted by Gasteiger charge is -2.10. The van der Waals surface area contributed by atoms with Gasteiger partial charge in [-0.2, -0.15) is 0 Å². The molecule has 0 saturated heterocycles. The Balaban J connectivity index is 1.78. The fourth-order valence-electron chi connectivity index (χ4n) is 2.68. The van der Waals surface area contributed by atoms with Crippen LogP contribution >= 0.6 is 22.9 Å². The number of aromatic nitrogens is 1. The van der Waals surface area contributed by atoms with Gasteiger partial charge >= 0.3 is 0 Å². The van der Waals surface area contributed by atoms with Gasteiger partial charge in [0.1, 0.15) is 11.4 Å². The van der Waals surface area contributed by atoms with E-state index in [1.807, 2.05) is 13.8 Å². The molecule has 11 heteroatoms. The Morgan fingerprint density at radius 1 is 1.19 bits per heavy atom. The van der Waals surface area contributed by atoms with Crippen molar-refractivity contribution in [3.63, 3.8) is 0 Å². The zero-order valence-electron chi connectivity index (χ0n) is 16.8. The molecular weight excluding hydrogens is 465 g/mol. The van der Waals surface area contributed by atoms with Crippen LogP contribution in [0.2, 0.25) is 5.02 Å². The van der Waals surface area contributed by atoms with Gasteiger partial charge in [-0.15, -0.1) is 11.3 Å². The van der Waals surface area contributed by atoms with Crippen molar-refractivity contribution in [2.45, 2.75) is 20.0 Å². The van der Waals surface area contributed by atoms with E-state index in [2.05, 4.69) is 15.0 Å². The highest BCUT2D eigenvalue weighted by Gasteiger charge is 2.16. The van der Waals surface area contributed by atoms with E-state index in [1.165, 1.54) is 36.5 Å². The van der Waals surface area contributed by atoms with E-state index in [-0.39, 0.29) is 22.5 Å². The lowest BCUT2D eigenvalue weighted by atomic mass is 10.2. The number of rotatable bonds is 7. The summed E-state index contributed by atoms with van der Waals surface area (Å²) in [6, 6.07) is 7.11. The molecule has 0 aliphatic rings. The van der Waals surface area contributed by atoms with Gasteiger partial charge in [0.05, 0.1) is 29.1 Å². The smallest absolute Gasteiger partial charge is 0.265 e. The molecule has 164 valence electrons. The first-order chi connectivity index (χ1) is 14.5. The van der Waals surface area contributed by atoms with E-state index < -0.39 is 21.7 Å². The van der Waals surface area contributed by atoms with Crippen molar-refractivity contribution in [2.24, 2.45) is 0 Å². The van der Waals surface area contributed by atoms with Crippen molar-refractivity contribution in [1.29, 1.82) is 0 Å². The Morgan fingerprint density at radius 3 is 2.55 bits per heavy atom. The first-order valence-corrected chi connectivity index (χ1v) is 12.2. The molecule has 1 aromatic carbocycles. The predicted octanol–water partition coefficient (Wildman–Crippen LogP) is 5.01. The average molecular weight is 484 g/mol. The molecule has 3 rings (SSSR count). The van der Waals surface area contributed by atoms with E-state index in [0.29, 0.717) is 21.9 Å². The summed E-state index contributed by atoms with van der Waals surface area (Å²) < 4.78 is 45.0. The van der Waals surface area contributed by atoms with Gasteiger partial charge in [0.15, 0.2) is 5.82 Å². The fraction of sp³-hybridized carbons (Fsp3) is 0.200. The van der Waals surface area contributed by atoms with Crippen molar-refractivity contribution >= 4 is 50.2 Å². The van der Waals surface area contributed by atoms with Gasteiger partial charge in [0.25, 0.3) is 5.91 Å². The van der Waals surface area contributed by atoms with E-state index in [1.54, 1.807) is 5.38 Å². The molecule has 0 aliphatic carbocycles. The maximum atomic E-state index is 14.5. The lowest BCUT2D eigenvalue weighted by molar-refractivity contribution is 0.103. The Labute approximate surface area is 188 Å². The number of anilines is 2. The fourth-order valence-corrected chi connectivity index (χ4v) is 4.24. The third-order valence-electron chi connectivity index (χ3n) is 3.74. The summed E-state index contributed by atoms with van der Waals surface area (Å²) in [5.74, 6) is -0.692. The molecule has 31 heavy (non-hydrogen) atoms. The largest absolute Gasteiger partial charge is 0.489 e. The highest BCUT2D eigenvalue weighted by molar-refractivity contribution is 7.92. The summed E-state index contributed by atoms with van der Waals surface area (Å²) in [7, 11) is -3.50. The van der Waals surface area contributed by atoms with Crippen LogP contribution in [0.15, 0.2) is 41.9 Å². The number of nitrogens with one attached hydrogen (secondary N) is 2. The highest BCUT2D eigenvalue weighted by Crippen LogP contribution is 2.29. The maximum absolute atomic E-state index is 14.5. The number of carbonyl (C=O) groups excluding carboxylic acids is 1. The van der Waals surface area contributed by atoms with E-state index in [0.717, 1.165) is 17.6 Å². The number of carbonyl (C=O) groups is 1. The number of amides is 1. The van der Waals surface area contributed by atoms with Gasteiger partial charge in [0, 0.05) is 27.7 Å². The molecule has 0 bridgehead atoms. The third-order valence-corrected chi connectivity index (χ3v) is 5.50. The summed E-state index contributed by atoms with van der Waals surface area (Å²) in [4.78, 5) is 17.0. The zero-order chi connectivity index (χ0) is 22.8. The van der Waals surface area contributed by atoms with E-state index in [4.69, 9.17) is 16.3 Å². The Bertz CT molecular complexity index is 1230. The van der Waals surface area contributed by atoms with Crippen LogP contribution in [0.5, 0.6) is 5.75 Å². The number of sulfonamides is 1. The van der Waals surface area contributed by atoms with Crippen molar-refractivity contribution in [3.05, 3.63) is 57.6 Å². The number of nitrogens with zero attached hydrogens (tertiary/aromatic N) is 1. The van der Waals surface area contributed by atoms with Gasteiger partial charge < -0.3 is 10.1 Å². The molecule has 2 heterocycles. The number of hydrogen-bond acceptors (Lipinski definition) is 6. The number of hydrogen-bond donors (Lipinski definition) is 2. The minimum absolute atomic E-state index is 0.105. The van der Waals surface area contributed by atoms with Crippen molar-refractivity contribution in [3.8, 4) is 17.0 Å². The van der Waals surface area contributed by atoms with Crippen LogP contribution in [0.25, 0.3) is 11.3 Å². The minimum Gasteiger partial charge on any atom is -0.489 e. The molecule has 0 atom stereocenters. The Morgan fingerprint density at radius 2 is 1.90 bits per heavy atom. The summed E-state index contributed by atoms with van der Waals surface area (Å²) in [6.07, 6.45) is 2.33. The maximum Gasteiger partial charge on any atom is 0.265 e. The standard InChI is InChI=1S/C20H19ClFN3O4S2/c1-11(2)29-16-8-17(22)19(23-9-16)12-4-18(30-10-12)20(26)24-14-5-13(21)6-15(7-14)25-31(3,27)28/h4-11,25H,1-3H3,(H,24,26). The van der Waals surface area contributed by atoms with Gasteiger partial charge in [-0.25, -0.2) is 17.8 Å². The monoisotopic (exact) mass is 483 g/mol. The average Bonchev–Trinajstić information content (AvgIpc) is 3.09. The molecule has 0 radical (unpaired) electrons. The van der Waals surface area contributed by atoms with Crippen molar-refractivity contribution in [2.75, 3.05) is 16.3 Å². The molecule has 0 aliphatic heterocycles. The summed E-state index contributed by atoms with van der Waals surface area (Å²) >= 11 is 7.13. The Kier molecular flexibility index (Phi) is 6.83. The SMILES string of the molecule is CC(C)Oc1cnc(-c2csc(C(=O)Nc3cc(Cl)cc(NS(C)(=O)=O)c3)c2)c(F)c1. The van der Waals surface area contributed by atoms with Gasteiger partial charge in [-0.1, -0.05) is 11.6 Å². The highest BCUT2D eigenvalue weighted by atomic mass is 35.5. The molecule has 7 nitrogen and oxygen atoms in total. The van der Waals surface area contributed by atoms with Crippen LogP contribution in [-0.4, -0.2) is 31.7 Å². The number of benzene rings is 1. The first kappa shape index (κ1) is 23.0. The predicted molar refractivity (Wildman–Crippen MR) is 121 cm³/mol. The van der Waals surface area contributed by atoms with Crippen LogP contribution in [0, 0.1) is 5.82 Å². The molecule has 0 fully saturated rings. The number of pyridine rings is 1. The molecule has 0 saturated carbocycles. The summed E-state index contributed by atoms with van der Waals surface area (Å²) in [6.45, 7) is 3.66. The van der Waals surface area contributed by atoms with Gasteiger partial charge in [-0.05, 0) is 38.1 Å². The van der Waals surface area contributed by atoms with E-state index >= 15 is 0 Å².